The summed E-state index contributed by atoms with van der Waals surface area (Å²) in [5, 5.41) is 3.46. The van der Waals surface area contributed by atoms with Crippen LogP contribution >= 0.6 is 0 Å². The van der Waals surface area contributed by atoms with Crippen LogP contribution in [0.2, 0.25) is 0 Å². The van der Waals surface area contributed by atoms with Crippen molar-refractivity contribution in [2.24, 2.45) is 5.92 Å². The Bertz CT molecular complexity index is 294. The van der Waals surface area contributed by atoms with Gasteiger partial charge in [0.25, 0.3) is 0 Å². The van der Waals surface area contributed by atoms with Gasteiger partial charge in [0.1, 0.15) is 5.75 Å². The maximum Gasteiger partial charge on any atom is 0.123 e. The molecule has 76 valence electrons. The first-order chi connectivity index (χ1) is 6.90. The van der Waals surface area contributed by atoms with Crippen LogP contribution in [0.5, 0.6) is 5.75 Å². The van der Waals surface area contributed by atoms with Crippen molar-refractivity contribution >= 4 is 0 Å². The maximum absolute atomic E-state index is 5.28. The van der Waals surface area contributed by atoms with Crippen LogP contribution in [0.3, 0.4) is 0 Å². The highest BCUT2D eigenvalue weighted by molar-refractivity contribution is 5.32. The highest BCUT2D eigenvalue weighted by Crippen LogP contribution is 2.27. The summed E-state index contributed by atoms with van der Waals surface area (Å²) >= 11 is 0. The van der Waals surface area contributed by atoms with Gasteiger partial charge < -0.3 is 10.1 Å². The van der Waals surface area contributed by atoms with Crippen molar-refractivity contribution in [3.05, 3.63) is 29.8 Å². The van der Waals surface area contributed by atoms with E-state index in [1.165, 1.54) is 18.4 Å². The Balaban J connectivity index is 1.86. The predicted molar refractivity (Wildman–Crippen MR) is 57.4 cm³/mol. The van der Waals surface area contributed by atoms with Gasteiger partial charge in [0, 0.05) is 12.1 Å². The number of nitrogens with one attached hydrogen (secondary N) is 1. The number of ether oxygens (including phenoxy) is 1. The third-order valence-corrected chi connectivity index (χ3v) is 2.64. The minimum absolute atomic E-state index is 0.917. The largest absolute Gasteiger partial charge is 0.496 e. The number of benzene rings is 1. The molecule has 1 fully saturated rings. The number of methoxy groups -OCH3 is 1. The van der Waals surface area contributed by atoms with Gasteiger partial charge in [0.05, 0.1) is 7.11 Å². The van der Waals surface area contributed by atoms with E-state index in [-0.39, 0.29) is 0 Å². The Hall–Kier alpha value is -1.02. The summed E-state index contributed by atoms with van der Waals surface area (Å²) in [5.74, 6) is 1.92. The van der Waals surface area contributed by atoms with E-state index in [0.717, 1.165) is 24.8 Å². The molecule has 0 aromatic heterocycles. The third-order valence-electron chi connectivity index (χ3n) is 2.64. The topological polar surface area (TPSA) is 21.3 Å². The summed E-state index contributed by atoms with van der Waals surface area (Å²) in [7, 11) is 1.72. The normalized spacial score (nSPS) is 15.5. The molecule has 0 saturated heterocycles. The summed E-state index contributed by atoms with van der Waals surface area (Å²) in [5.41, 5.74) is 1.25. The molecule has 0 radical (unpaired) electrons. The Morgan fingerprint density at radius 2 is 2.14 bits per heavy atom. The molecule has 1 saturated carbocycles. The van der Waals surface area contributed by atoms with Crippen molar-refractivity contribution < 1.29 is 4.74 Å². The van der Waals surface area contributed by atoms with Crippen LogP contribution in [0.15, 0.2) is 24.3 Å². The van der Waals surface area contributed by atoms with E-state index >= 15 is 0 Å². The van der Waals surface area contributed by atoms with Crippen molar-refractivity contribution in [2.75, 3.05) is 13.7 Å². The molecule has 1 aliphatic carbocycles. The van der Waals surface area contributed by atoms with Gasteiger partial charge in [-0.15, -0.1) is 0 Å². The summed E-state index contributed by atoms with van der Waals surface area (Å²) in [6.07, 6.45) is 2.80. The fraction of sp³-hybridized carbons (Fsp3) is 0.500. The average Bonchev–Trinajstić information content (AvgIpc) is 3.03. The fourth-order valence-corrected chi connectivity index (χ4v) is 1.58. The molecule has 0 bridgehead atoms. The molecule has 1 aromatic carbocycles. The van der Waals surface area contributed by atoms with Gasteiger partial charge in [0.2, 0.25) is 0 Å². The molecule has 14 heavy (non-hydrogen) atoms. The van der Waals surface area contributed by atoms with Crippen LogP contribution < -0.4 is 10.1 Å². The highest BCUT2D eigenvalue weighted by atomic mass is 16.5. The molecule has 0 spiro atoms. The van der Waals surface area contributed by atoms with Crippen molar-refractivity contribution in [3.63, 3.8) is 0 Å². The van der Waals surface area contributed by atoms with Crippen LogP contribution in [0, 0.1) is 5.92 Å². The lowest BCUT2D eigenvalue weighted by Crippen LogP contribution is -2.16. The van der Waals surface area contributed by atoms with Crippen LogP contribution in [0.25, 0.3) is 0 Å². The Morgan fingerprint density at radius 1 is 1.36 bits per heavy atom. The molecular formula is C12H17NO. The minimum Gasteiger partial charge on any atom is -0.496 e. The lowest BCUT2D eigenvalue weighted by atomic mass is 10.2. The minimum atomic E-state index is 0.917. The van der Waals surface area contributed by atoms with E-state index in [9.17, 15) is 0 Å². The summed E-state index contributed by atoms with van der Waals surface area (Å²) in [6.45, 7) is 2.07. The fourth-order valence-electron chi connectivity index (χ4n) is 1.58. The van der Waals surface area contributed by atoms with Crippen molar-refractivity contribution in [3.8, 4) is 5.75 Å². The van der Waals surface area contributed by atoms with E-state index in [1.54, 1.807) is 7.11 Å². The Labute approximate surface area is 85.3 Å². The lowest BCUT2D eigenvalue weighted by molar-refractivity contribution is 0.407. The number of rotatable bonds is 5. The maximum atomic E-state index is 5.28. The molecule has 0 amide bonds. The molecular weight excluding hydrogens is 174 g/mol. The molecule has 1 aliphatic rings. The van der Waals surface area contributed by atoms with E-state index in [2.05, 4.69) is 17.4 Å². The van der Waals surface area contributed by atoms with Gasteiger partial charge in [-0.3, -0.25) is 0 Å². The van der Waals surface area contributed by atoms with E-state index in [4.69, 9.17) is 4.74 Å². The van der Waals surface area contributed by atoms with Gasteiger partial charge in [0.15, 0.2) is 0 Å². The molecule has 2 heteroatoms. The summed E-state index contributed by atoms with van der Waals surface area (Å²) in [4.78, 5) is 0. The molecule has 0 aliphatic heterocycles. The SMILES string of the molecule is COc1ccccc1CNCC1CC1. The average molecular weight is 191 g/mol. The Kier molecular flexibility index (Phi) is 3.04. The molecule has 0 atom stereocenters. The van der Waals surface area contributed by atoms with E-state index in [1.807, 2.05) is 12.1 Å². The molecule has 2 nitrogen and oxygen atoms in total. The molecule has 2 rings (SSSR count). The zero-order chi connectivity index (χ0) is 9.80. The first kappa shape index (κ1) is 9.53. The number of hydrogen-bond donors (Lipinski definition) is 1. The predicted octanol–water partition coefficient (Wildman–Crippen LogP) is 2.19. The standard InChI is InChI=1S/C12H17NO/c1-14-12-5-3-2-4-11(12)9-13-8-10-6-7-10/h2-5,10,13H,6-9H2,1H3. The number of para-hydroxylation sites is 1. The lowest BCUT2D eigenvalue weighted by Gasteiger charge is -2.08. The Morgan fingerprint density at radius 3 is 2.86 bits per heavy atom. The van der Waals surface area contributed by atoms with Crippen molar-refractivity contribution in [1.29, 1.82) is 0 Å². The molecule has 1 N–H and O–H groups in total. The molecule has 0 unspecified atom stereocenters. The second-order valence-corrected chi connectivity index (χ2v) is 3.89. The van der Waals surface area contributed by atoms with E-state index in [0.29, 0.717) is 0 Å². The van der Waals surface area contributed by atoms with Gasteiger partial charge >= 0.3 is 0 Å². The van der Waals surface area contributed by atoms with Crippen LogP contribution in [0.1, 0.15) is 18.4 Å². The van der Waals surface area contributed by atoms with Crippen LogP contribution in [-0.2, 0) is 6.54 Å². The molecule has 1 aromatic rings. The molecule has 0 heterocycles. The highest BCUT2D eigenvalue weighted by Gasteiger charge is 2.20. The van der Waals surface area contributed by atoms with Crippen LogP contribution in [-0.4, -0.2) is 13.7 Å². The van der Waals surface area contributed by atoms with Gasteiger partial charge in [-0.2, -0.15) is 0 Å². The third kappa shape index (κ3) is 2.48. The second kappa shape index (κ2) is 4.47. The van der Waals surface area contributed by atoms with Crippen molar-refractivity contribution in [2.45, 2.75) is 19.4 Å². The summed E-state index contributed by atoms with van der Waals surface area (Å²) in [6, 6.07) is 8.17. The summed E-state index contributed by atoms with van der Waals surface area (Å²) < 4.78 is 5.28. The smallest absolute Gasteiger partial charge is 0.123 e. The van der Waals surface area contributed by atoms with Crippen LogP contribution in [0.4, 0.5) is 0 Å². The van der Waals surface area contributed by atoms with E-state index < -0.39 is 0 Å². The van der Waals surface area contributed by atoms with Gasteiger partial charge in [-0.25, -0.2) is 0 Å². The quantitative estimate of drug-likeness (QED) is 0.770. The zero-order valence-electron chi connectivity index (χ0n) is 8.62. The first-order valence-corrected chi connectivity index (χ1v) is 5.23. The second-order valence-electron chi connectivity index (χ2n) is 3.89. The van der Waals surface area contributed by atoms with Gasteiger partial charge in [-0.05, 0) is 31.4 Å². The van der Waals surface area contributed by atoms with Gasteiger partial charge in [-0.1, -0.05) is 18.2 Å². The first-order valence-electron chi connectivity index (χ1n) is 5.23. The number of hydrogen-bond acceptors (Lipinski definition) is 2. The monoisotopic (exact) mass is 191 g/mol. The zero-order valence-corrected chi connectivity index (χ0v) is 8.62. The van der Waals surface area contributed by atoms with Crippen molar-refractivity contribution in [1.82, 2.24) is 5.32 Å².